The van der Waals surface area contributed by atoms with Crippen molar-refractivity contribution in [1.29, 1.82) is 0 Å². The van der Waals surface area contributed by atoms with Gasteiger partial charge in [0, 0.05) is 19.8 Å². The van der Waals surface area contributed by atoms with Crippen LogP contribution in [0.15, 0.2) is 24.3 Å². The van der Waals surface area contributed by atoms with Crippen LogP contribution in [0.5, 0.6) is 0 Å². The van der Waals surface area contributed by atoms with E-state index in [-0.39, 0.29) is 5.97 Å². The third-order valence-corrected chi connectivity index (χ3v) is 2.89. The van der Waals surface area contributed by atoms with E-state index in [0.29, 0.717) is 6.61 Å². The second-order valence-corrected chi connectivity index (χ2v) is 4.79. The first-order valence-electron chi connectivity index (χ1n) is 5.84. The molecule has 0 aliphatic rings. The van der Waals surface area contributed by atoms with E-state index in [1.54, 1.807) is 0 Å². The van der Waals surface area contributed by atoms with E-state index in [1.807, 2.05) is 64.0 Å². The predicted octanol–water partition coefficient (Wildman–Crippen LogP) is 2.59. The highest BCUT2D eigenvalue weighted by atomic mass is 16.5. The third kappa shape index (κ3) is 2.99. The molecule has 1 aromatic rings. The predicted molar refractivity (Wildman–Crippen MR) is 70.4 cm³/mol. The molecular formula is C14H21NO2. The molecule has 17 heavy (non-hydrogen) atoms. The zero-order valence-electron chi connectivity index (χ0n) is 11.3. The van der Waals surface area contributed by atoms with Gasteiger partial charge in [0.15, 0.2) is 0 Å². The van der Waals surface area contributed by atoms with E-state index in [9.17, 15) is 4.79 Å². The third-order valence-electron chi connectivity index (χ3n) is 2.89. The van der Waals surface area contributed by atoms with Gasteiger partial charge in [0.2, 0.25) is 0 Å². The molecule has 1 rings (SSSR count). The van der Waals surface area contributed by atoms with Gasteiger partial charge in [-0.2, -0.15) is 0 Å². The van der Waals surface area contributed by atoms with Crippen LogP contribution in [0.4, 0.5) is 5.69 Å². The molecule has 1 aromatic carbocycles. The Morgan fingerprint density at radius 3 is 2.18 bits per heavy atom. The monoisotopic (exact) mass is 235 g/mol. The van der Waals surface area contributed by atoms with Gasteiger partial charge < -0.3 is 9.64 Å². The number of hydrogen-bond acceptors (Lipinski definition) is 3. The van der Waals surface area contributed by atoms with Gasteiger partial charge in [-0.25, -0.2) is 0 Å². The first-order chi connectivity index (χ1) is 7.89. The lowest BCUT2D eigenvalue weighted by Crippen LogP contribution is -2.31. The highest BCUT2D eigenvalue weighted by Crippen LogP contribution is 2.26. The lowest BCUT2D eigenvalue weighted by atomic mass is 9.84. The summed E-state index contributed by atoms with van der Waals surface area (Å²) in [5.74, 6) is -0.183. The zero-order valence-corrected chi connectivity index (χ0v) is 11.3. The molecule has 0 radical (unpaired) electrons. The van der Waals surface area contributed by atoms with Gasteiger partial charge in [-0.1, -0.05) is 12.1 Å². The molecule has 0 heterocycles. The standard InChI is InChI=1S/C14H21NO2/c1-6-17-13(16)14(2,3)11-7-9-12(10-8-11)15(4)5/h7-10H,6H2,1-5H3. The number of rotatable bonds is 4. The topological polar surface area (TPSA) is 29.5 Å². The molecule has 0 spiro atoms. The van der Waals surface area contributed by atoms with Crippen LogP contribution in [-0.2, 0) is 14.9 Å². The molecule has 0 bridgehead atoms. The van der Waals surface area contributed by atoms with E-state index in [4.69, 9.17) is 4.74 Å². The Morgan fingerprint density at radius 1 is 1.24 bits per heavy atom. The second-order valence-electron chi connectivity index (χ2n) is 4.79. The molecule has 0 atom stereocenters. The van der Waals surface area contributed by atoms with Gasteiger partial charge in [-0.3, -0.25) is 4.79 Å². The van der Waals surface area contributed by atoms with Crippen molar-refractivity contribution in [2.75, 3.05) is 25.6 Å². The summed E-state index contributed by atoms with van der Waals surface area (Å²) in [7, 11) is 3.98. The molecule has 0 aliphatic heterocycles. The normalized spacial score (nSPS) is 11.1. The fourth-order valence-corrected chi connectivity index (χ4v) is 1.61. The van der Waals surface area contributed by atoms with Crippen LogP contribution in [-0.4, -0.2) is 26.7 Å². The molecule has 0 saturated carbocycles. The second kappa shape index (κ2) is 5.21. The maximum Gasteiger partial charge on any atom is 0.315 e. The Balaban J connectivity index is 2.95. The Morgan fingerprint density at radius 2 is 1.76 bits per heavy atom. The van der Waals surface area contributed by atoms with Crippen LogP contribution >= 0.6 is 0 Å². The molecule has 94 valence electrons. The average molecular weight is 235 g/mol. The maximum absolute atomic E-state index is 11.9. The lowest BCUT2D eigenvalue weighted by molar-refractivity contribution is -0.148. The van der Waals surface area contributed by atoms with Crippen LogP contribution in [0.3, 0.4) is 0 Å². The first-order valence-corrected chi connectivity index (χ1v) is 5.84. The number of hydrogen-bond donors (Lipinski definition) is 0. The molecule has 0 N–H and O–H groups in total. The Labute approximate surface area is 103 Å². The highest BCUT2D eigenvalue weighted by Gasteiger charge is 2.31. The molecule has 0 unspecified atom stereocenters. The first kappa shape index (κ1) is 13.6. The van der Waals surface area contributed by atoms with Crippen molar-refractivity contribution in [2.24, 2.45) is 0 Å². The number of carbonyl (C=O) groups excluding carboxylic acids is 1. The maximum atomic E-state index is 11.9. The minimum absolute atomic E-state index is 0.183. The van der Waals surface area contributed by atoms with Crippen molar-refractivity contribution in [3.05, 3.63) is 29.8 Å². The molecule has 0 aromatic heterocycles. The number of nitrogens with zero attached hydrogens (tertiary/aromatic N) is 1. The number of esters is 1. The van der Waals surface area contributed by atoms with Crippen LogP contribution in [0.2, 0.25) is 0 Å². The van der Waals surface area contributed by atoms with Crippen molar-refractivity contribution in [3.8, 4) is 0 Å². The zero-order chi connectivity index (χ0) is 13.1. The van der Waals surface area contributed by atoms with Crippen molar-refractivity contribution in [1.82, 2.24) is 0 Å². The Hall–Kier alpha value is -1.51. The summed E-state index contributed by atoms with van der Waals surface area (Å²) in [6.45, 7) is 6.01. The summed E-state index contributed by atoms with van der Waals surface area (Å²) in [4.78, 5) is 13.9. The average Bonchev–Trinajstić information content (AvgIpc) is 2.29. The highest BCUT2D eigenvalue weighted by molar-refractivity contribution is 5.82. The van der Waals surface area contributed by atoms with Crippen LogP contribution in [0, 0.1) is 0 Å². The summed E-state index contributed by atoms with van der Waals surface area (Å²) in [5, 5.41) is 0. The summed E-state index contributed by atoms with van der Waals surface area (Å²) < 4.78 is 5.09. The number of benzene rings is 1. The minimum Gasteiger partial charge on any atom is -0.465 e. The molecule has 0 fully saturated rings. The fourth-order valence-electron chi connectivity index (χ4n) is 1.61. The SMILES string of the molecule is CCOC(=O)C(C)(C)c1ccc(N(C)C)cc1. The largest absolute Gasteiger partial charge is 0.465 e. The van der Waals surface area contributed by atoms with Gasteiger partial charge in [-0.05, 0) is 38.5 Å². The summed E-state index contributed by atoms with van der Waals surface area (Å²) in [5.41, 5.74) is 1.50. The van der Waals surface area contributed by atoms with Crippen molar-refractivity contribution in [2.45, 2.75) is 26.2 Å². The minimum atomic E-state index is -0.596. The van der Waals surface area contributed by atoms with E-state index in [0.717, 1.165) is 11.3 Å². The van der Waals surface area contributed by atoms with Crippen LogP contribution in [0.25, 0.3) is 0 Å². The molecule has 0 aliphatic carbocycles. The number of carbonyl (C=O) groups is 1. The van der Waals surface area contributed by atoms with Crippen molar-refractivity contribution < 1.29 is 9.53 Å². The van der Waals surface area contributed by atoms with Gasteiger partial charge in [0.1, 0.15) is 0 Å². The van der Waals surface area contributed by atoms with Gasteiger partial charge in [0.05, 0.1) is 12.0 Å². The lowest BCUT2D eigenvalue weighted by Gasteiger charge is -2.23. The van der Waals surface area contributed by atoms with Gasteiger partial charge >= 0.3 is 5.97 Å². The molecule has 0 amide bonds. The Bertz CT molecular complexity index is 380. The van der Waals surface area contributed by atoms with Crippen LogP contribution in [0.1, 0.15) is 26.3 Å². The fraction of sp³-hybridized carbons (Fsp3) is 0.500. The summed E-state index contributed by atoms with van der Waals surface area (Å²) in [6.07, 6.45) is 0. The molecule has 3 nitrogen and oxygen atoms in total. The summed E-state index contributed by atoms with van der Waals surface area (Å²) >= 11 is 0. The van der Waals surface area contributed by atoms with Gasteiger partial charge in [0.25, 0.3) is 0 Å². The quantitative estimate of drug-likeness (QED) is 0.751. The van der Waals surface area contributed by atoms with Gasteiger partial charge in [-0.15, -0.1) is 0 Å². The number of anilines is 1. The van der Waals surface area contributed by atoms with Crippen LogP contribution < -0.4 is 4.90 Å². The van der Waals surface area contributed by atoms with E-state index >= 15 is 0 Å². The van der Waals surface area contributed by atoms with Crippen molar-refractivity contribution in [3.63, 3.8) is 0 Å². The van der Waals surface area contributed by atoms with Crippen molar-refractivity contribution >= 4 is 11.7 Å². The van der Waals surface area contributed by atoms with E-state index in [1.165, 1.54) is 0 Å². The molecule has 0 saturated heterocycles. The Kier molecular flexibility index (Phi) is 4.16. The van der Waals surface area contributed by atoms with E-state index < -0.39 is 5.41 Å². The molecular weight excluding hydrogens is 214 g/mol. The smallest absolute Gasteiger partial charge is 0.315 e. The summed E-state index contributed by atoms with van der Waals surface area (Å²) in [6, 6.07) is 7.98. The number of ether oxygens (including phenoxy) is 1. The molecule has 3 heteroatoms. The van der Waals surface area contributed by atoms with E-state index in [2.05, 4.69) is 0 Å².